The Labute approximate surface area is 140 Å². The Kier molecular flexibility index (Phi) is 5.78. The molecule has 0 saturated carbocycles. The lowest BCUT2D eigenvalue weighted by Gasteiger charge is -2.09. The van der Waals surface area contributed by atoms with E-state index in [0.717, 1.165) is 31.2 Å². The number of allylic oxidation sites excluding steroid dienone is 3. The predicted octanol–water partition coefficient (Wildman–Crippen LogP) is 4.40. The molecule has 1 aliphatic rings. The highest BCUT2D eigenvalue weighted by molar-refractivity contribution is 7.16. The van der Waals surface area contributed by atoms with Gasteiger partial charge in [-0.2, -0.15) is 5.26 Å². The molecule has 2 N–H and O–H groups in total. The number of nitrogens with one attached hydrogen (secondary N) is 1. The first-order valence-electron chi connectivity index (χ1n) is 7.60. The Morgan fingerprint density at radius 3 is 2.83 bits per heavy atom. The van der Waals surface area contributed by atoms with Gasteiger partial charge in [0.05, 0.1) is 5.56 Å². The van der Waals surface area contributed by atoms with Gasteiger partial charge in [0, 0.05) is 11.3 Å². The number of nitriles is 1. The molecule has 0 unspecified atom stereocenters. The summed E-state index contributed by atoms with van der Waals surface area (Å²) in [5.74, 6) is -0.110. The molecule has 1 heterocycles. The summed E-state index contributed by atoms with van der Waals surface area (Å²) in [7, 11) is 0. The minimum Gasteiger partial charge on any atom is -0.508 e. The highest BCUT2D eigenvalue weighted by Gasteiger charge is 2.21. The van der Waals surface area contributed by atoms with E-state index in [1.165, 1.54) is 28.4 Å². The quantitative estimate of drug-likeness (QED) is 0.600. The zero-order valence-corrected chi connectivity index (χ0v) is 13.8. The lowest BCUT2D eigenvalue weighted by atomic mass is 9.96. The Hall–Kier alpha value is -2.32. The molecule has 0 aliphatic heterocycles. The summed E-state index contributed by atoms with van der Waals surface area (Å²) in [6, 6.07) is 2.23. The molecule has 0 fully saturated rings. The van der Waals surface area contributed by atoms with Crippen molar-refractivity contribution in [3.63, 3.8) is 0 Å². The summed E-state index contributed by atoms with van der Waals surface area (Å²) in [6.07, 6.45) is 7.67. The van der Waals surface area contributed by atoms with Gasteiger partial charge in [-0.1, -0.05) is 18.7 Å². The number of rotatable bonds is 6. The normalized spacial score (nSPS) is 13.8. The highest BCUT2D eigenvalue weighted by atomic mass is 32.1. The largest absolute Gasteiger partial charge is 0.508 e. The number of nitrogens with zero attached hydrogens (tertiary/aromatic N) is 1. The number of hydrogen-bond acceptors (Lipinski definition) is 4. The molecule has 23 heavy (non-hydrogen) atoms. The molecule has 2 rings (SSSR count). The molecule has 0 bridgehead atoms. The second-order valence-corrected chi connectivity index (χ2v) is 6.61. The van der Waals surface area contributed by atoms with Gasteiger partial charge in [0.2, 0.25) is 5.91 Å². The number of amides is 1. The first-order valence-corrected chi connectivity index (χ1v) is 8.42. The van der Waals surface area contributed by atoms with Crippen LogP contribution in [0.25, 0.3) is 0 Å². The van der Waals surface area contributed by atoms with Gasteiger partial charge in [-0.3, -0.25) is 4.79 Å². The molecular formula is C18H20N2O2S. The maximum absolute atomic E-state index is 12.1. The van der Waals surface area contributed by atoms with Crippen molar-refractivity contribution in [2.24, 2.45) is 0 Å². The smallest absolute Gasteiger partial charge is 0.225 e. The van der Waals surface area contributed by atoms with Crippen LogP contribution in [-0.2, 0) is 17.6 Å². The number of fused-ring (bicyclic) bond motifs is 1. The molecule has 1 aromatic heterocycles. The van der Waals surface area contributed by atoms with E-state index < -0.39 is 0 Å². The Balaban J connectivity index is 1.98. The minimum atomic E-state index is -0.146. The van der Waals surface area contributed by atoms with Crippen LogP contribution in [0.15, 0.2) is 36.6 Å². The van der Waals surface area contributed by atoms with E-state index in [1.54, 1.807) is 0 Å². The Morgan fingerprint density at radius 2 is 2.13 bits per heavy atom. The number of anilines is 1. The number of aryl methyl sites for hydroxylation is 1. The molecule has 0 atom stereocenters. The fraction of sp³-hybridized carbons (Fsp3) is 0.333. The third kappa shape index (κ3) is 4.33. The second kappa shape index (κ2) is 7.80. The Morgan fingerprint density at radius 1 is 1.39 bits per heavy atom. The Bertz CT molecular complexity index is 707. The molecule has 0 aromatic carbocycles. The van der Waals surface area contributed by atoms with E-state index in [1.807, 2.05) is 0 Å². The summed E-state index contributed by atoms with van der Waals surface area (Å²) in [5.41, 5.74) is 2.40. The lowest BCUT2D eigenvalue weighted by Crippen LogP contribution is -2.11. The average Bonchev–Trinajstić information content (AvgIpc) is 2.89. The van der Waals surface area contributed by atoms with Gasteiger partial charge in [-0.15, -0.1) is 11.3 Å². The zero-order valence-electron chi connectivity index (χ0n) is 13.0. The van der Waals surface area contributed by atoms with Gasteiger partial charge in [0.15, 0.2) is 0 Å². The third-order valence-electron chi connectivity index (χ3n) is 3.77. The lowest BCUT2D eigenvalue weighted by molar-refractivity contribution is -0.116. The minimum absolute atomic E-state index is 0.0353. The van der Waals surface area contributed by atoms with Crippen LogP contribution in [0.2, 0.25) is 0 Å². The van der Waals surface area contributed by atoms with Crippen molar-refractivity contribution >= 4 is 22.2 Å². The SMILES string of the molecule is C=C/C(O)=C\C(=C)CCC(=O)Nc1sc2c(c1C#N)CCCC2. The fourth-order valence-corrected chi connectivity index (χ4v) is 3.83. The fourth-order valence-electron chi connectivity index (χ4n) is 2.58. The van der Waals surface area contributed by atoms with Crippen LogP contribution in [0, 0.1) is 11.3 Å². The monoisotopic (exact) mass is 328 g/mol. The van der Waals surface area contributed by atoms with E-state index in [9.17, 15) is 15.2 Å². The molecule has 1 aliphatic carbocycles. The summed E-state index contributed by atoms with van der Waals surface area (Å²) in [6.45, 7) is 7.24. The first-order chi connectivity index (χ1) is 11.0. The van der Waals surface area contributed by atoms with E-state index in [0.29, 0.717) is 22.6 Å². The topological polar surface area (TPSA) is 73.1 Å². The maximum atomic E-state index is 12.1. The number of hydrogen-bond donors (Lipinski definition) is 2. The van der Waals surface area contributed by atoms with Crippen molar-refractivity contribution < 1.29 is 9.90 Å². The van der Waals surface area contributed by atoms with Crippen LogP contribution in [0.3, 0.4) is 0 Å². The van der Waals surface area contributed by atoms with Crippen LogP contribution in [0.4, 0.5) is 5.00 Å². The average molecular weight is 328 g/mol. The van der Waals surface area contributed by atoms with Gasteiger partial charge in [0.25, 0.3) is 0 Å². The summed E-state index contributed by atoms with van der Waals surface area (Å²) >= 11 is 1.52. The molecule has 4 nitrogen and oxygen atoms in total. The summed E-state index contributed by atoms with van der Waals surface area (Å²) in [5, 5.41) is 22.2. The molecule has 0 radical (unpaired) electrons. The van der Waals surface area contributed by atoms with Crippen molar-refractivity contribution in [3.8, 4) is 6.07 Å². The zero-order chi connectivity index (χ0) is 16.8. The molecule has 0 spiro atoms. The third-order valence-corrected chi connectivity index (χ3v) is 4.98. The maximum Gasteiger partial charge on any atom is 0.225 e. The van der Waals surface area contributed by atoms with Crippen molar-refractivity contribution in [2.45, 2.75) is 38.5 Å². The number of aliphatic hydroxyl groups excluding tert-OH is 1. The van der Waals surface area contributed by atoms with Crippen LogP contribution in [0.1, 0.15) is 41.7 Å². The van der Waals surface area contributed by atoms with E-state index in [-0.39, 0.29) is 18.1 Å². The van der Waals surface area contributed by atoms with Gasteiger partial charge in [-0.05, 0) is 49.8 Å². The van der Waals surface area contributed by atoms with Crippen molar-refractivity contribution in [3.05, 3.63) is 52.6 Å². The van der Waals surface area contributed by atoms with Crippen molar-refractivity contribution in [1.82, 2.24) is 0 Å². The standard InChI is InChI=1S/C18H20N2O2S/c1-3-13(21)10-12(2)8-9-17(22)20-18-15(11-19)14-6-4-5-7-16(14)23-18/h3,10,21H,1-2,4-9H2,(H,20,22)/b13-10+. The summed E-state index contributed by atoms with van der Waals surface area (Å²) in [4.78, 5) is 13.3. The van der Waals surface area contributed by atoms with Crippen LogP contribution in [-0.4, -0.2) is 11.0 Å². The number of carbonyl (C=O) groups is 1. The van der Waals surface area contributed by atoms with Crippen LogP contribution >= 0.6 is 11.3 Å². The van der Waals surface area contributed by atoms with Gasteiger partial charge in [-0.25, -0.2) is 0 Å². The van der Waals surface area contributed by atoms with Crippen LogP contribution < -0.4 is 5.32 Å². The summed E-state index contributed by atoms with van der Waals surface area (Å²) < 4.78 is 0. The van der Waals surface area contributed by atoms with E-state index in [2.05, 4.69) is 24.5 Å². The first kappa shape index (κ1) is 17.0. The number of carbonyl (C=O) groups excluding carboxylic acids is 1. The van der Waals surface area contributed by atoms with Crippen molar-refractivity contribution in [2.75, 3.05) is 5.32 Å². The van der Waals surface area contributed by atoms with Gasteiger partial charge >= 0.3 is 0 Å². The molecule has 1 amide bonds. The van der Waals surface area contributed by atoms with Gasteiger partial charge in [0.1, 0.15) is 16.8 Å². The van der Waals surface area contributed by atoms with Gasteiger partial charge < -0.3 is 10.4 Å². The van der Waals surface area contributed by atoms with E-state index >= 15 is 0 Å². The number of thiophene rings is 1. The highest BCUT2D eigenvalue weighted by Crippen LogP contribution is 2.37. The molecule has 1 aromatic rings. The van der Waals surface area contributed by atoms with Crippen molar-refractivity contribution in [1.29, 1.82) is 5.26 Å². The van der Waals surface area contributed by atoms with Crippen LogP contribution in [0.5, 0.6) is 0 Å². The number of aliphatic hydroxyl groups is 1. The molecular weight excluding hydrogens is 308 g/mol. The molecule has 120 valence electrons. The molecule has 0 saturated heterocycles. The predicted molar refractivity (Wildman–Crippen MR) is 93.6 cm³/mol. The van der Waals surface area contributed by atoms with E-state index in [4.69, 9.17) is 0 Å². The molecule has 5 heteroatoms. The second-order valence-electron chi connectivity index (χ2n) is 5.51.